The van der Waals surface area contributed by atoms with Crippen LogP contribution in [0.1, 0.15) is 25.8 Å². The van der Waals surface area contributed by atoms with E-state index < -0.39 is 11.9 Å². The molecule has 0 heterocycles. The normalized spacial score (nSPS) is 12.2. The van der Waals surface area contributed by atoms with Gasteiger partial charge in [-0.3, -0.25) is 9.59 Å². The third-order valence-electron chi connectivity index (χ3n) is 2.60. The van der Waals surface area contributed by atoms with Crippen LogP contribution in [-0.4, -0.2) is 17.9 Å². The molecule has 0 aliphatic rings. The molecular weight excluding hydrogens is 264 g/mol. The fourth-order valence-electron chi connectivity index (χ4n) is 1.75. The van der Waals surface area contributed by atoms with E-state index >= 15 is 0 Å². The second-order valence-corrected chi connectivity index (χ2v) is 5.39. The molecule has 1 aromatic rings. The molecule has 0 spiro atoms. The first kappa shape index (κ1) is 15.5. The minimum atomic E-state index is -0.704. The van der Waals surface area contributed by atoms with Crippen molar-refractivity contribution in [1.82, 2.24) is 5.32 Å². The Bertz CT molecular complexity index is 461. The van der Waals surface area contributed by atoms with Gasteiger partial charge in [-0.05, 0) is 23.6 Å². The number of carbonyl (C=O) groups excluding carboxylic acids is 2. The fraction of sp³-hybridized carbons (Fsp3) is 0.429. The number of amides is 2. The average molecular weight is 283 g/mol. The molecule has 5 heteroatoms. The predicted molar refractivity (Wildman–Crippen MR) is 75.7 cm³/mol. The minimum Gasteiger partial charge on any atom is -0.368 e. The molecule has 4 nitrogen and oxygen atoms in total. The molecule has 0 saturated heterocycles. The highest BCUT2D eigenvalue weighted by Gasteiger charge is 2.19. The highest BCUT2D eigenvalue weighted by molar-refractivity contribution is 6.30. The van der Waals surface area contributed by atoms with Gasteiger partial charge in [-0.1, -0.05) is 37.6 Å². The van der Waals surface area contributed by atoms with Gasteiger partial charge in [0.25, 0.3) is 0 Å². The fourth-order valence-corrected chi connectivity index (χ4v) is 1.96. The molecule has 3 N–H and O–H groups in total. The van der Waals surface area contributed by atoms with Crippen molar-refractivity contribution < 1.29 is 9.59 Å². The molecule has 0 aliphatic carbocycles. The van der Waals surface area contributed by atoms with Gasteiger partial charge < -0.3 is 11.1 Å². The minimum absolute atomic E-state index is 0.166. The average Bonchev–Trinajstić information content (AvgIpc) is 2.26. The summed E-state index contributed by atoms with van der Waals surface area (Å²) in [5.74, 6) is -0.474. The van der Waals surface area contributed by atoms with E-state index in [1.165, 1.54) is 0 Å². The second-order valence-electron chi connectivity index (χ2n) is 4.95. The molecule has 1 rings (SSSR count). The Labute approximate surface area is 118 Å². The maximum atomic E-state index is 11.7. The number of nitrogens with one attached hydrogen (secondary N) is 1. The van der Waals surface area contributed by atoms with E-state index in [4.69, 9.17) is 17.3 Å². The Kier molecular flexibility index (Phi) is 5.83. The van der Waals surface area contributed by atoms with Crippen molar-refractivity contribution in [2.75, 3.05) is 0 Å². The summed E-state index contributed by atoms with van der Waals surface area (Å²) in [5.41, 5.74) is 6.18. The molecule has 104 valence electrons. The Morgan fingerprint density at radius 1 is 1.37 bits per heavy atom. The highest BCUT2D eigenvalue weighted by atomic mass is 35.5. The lowest BCUT2D eigenvalue weighted by Gasteiger charge is -2.16. The number of primary amides is 1. The monoisotopic (exact) mass is 282 g/mol. The van der Waals surface area contributed by atoms with E-state index in [-0.39, 0.29) is 11.8 Å². The van der Waals surface area contributed by atoms with Gasteiger partial charge in [0.15, 0.2) is 0 Å². The van der Waals surface area contributed by atoms with Crippen molar-refractivity contribution in [3.8, 4) is 0 Å². The summed E-state index contributed by atoms with van der Waals surface area (Å²) in [4.78, 5) is 23.1. The third kappa shape index (κ3) is 5.75. The second kappa shape index (κ2) is 7.14. The number of carbonyl (C=O) groups is 2. The van der Waals surface area contributed by atoms with Gasteiger partial charge in [0.2, 0.25) is 11.8 Å². The van der Waals surface area contributed by atoms with Crippen LogP contribution in [0.4, 0.5) is 0 Å². The van der Waals surface area contributed by atoms with Gasteiger partial charge in [0.05, 0.1) is 0 Å². The molecule has 0 bridgehead atoms. The number of hydrogen-bond acceptors (Lipinski definition) is 2. The summed E-state index contributed by atoms with van der Waals surface area (Å²) in [5, 5.41) is 3.25. The highest BCUT2D eigenvalue weighted by Crippen LogP contribution is 2.12. The van der Waals surface area contributed by atoms with Gasteiger partial charge in [0, 0.05) is 17.9 Å². The quantitative estimate of drug-likeness (QED) is 0.836. The van der Waals surface area contributed by atoms with Crippen molar-refractivity contribution in [3.05, 3.63) is 34.9 Å². The molecule has 0 radical (unpaired) electrons. The van der Waals surface area contributed by atoms with Gasteiger partial charge >= 0.3 is 0 Å². The van der Waals surface area contributed by atoms with Crippen LogP contribution in [0.15, 0.2) is 24.3 Å². The SMILES string of the molecule is CC(C)CC(=O)N[C@H](Cc1cccc(Cl)c1)C(N)=O. The molecule has 2 amide bonds. The smallest absolute Gasteiger partial charge is 0.240 e. The van der Waals surface area contributed by atoms with Crippen molar-refractivity contribution in [2.45, 2.75) is 32.7 Å². The van der Waals surface area contributed by atoms with Crippen molar-refractivity contribution in [3.63, 3.8) is 0 Å². The molecule has 0 unspecified atom stereocenters. The number of benzene rings is 1. The summed E-state index contributed by atoms with van der Waals surface area (Å²) < 4.78 is 0. The largest absolute Gasteiger partial charge is 0.368 e. The molecule has 0 aromatic heterocycles. The van der Waals surface area contributed by atoms with E-state index in [0.29, 0.717) is 17.9 Å². The summed E-state index contributed by atoms with van der Waals surface area (Å²) in [6, 6.07) is 6.44. The van der Waals surface area contributed by atoms with Crippen LogP contribution in [-0.2, 0) is 16.0 Å². The lowest BCUT2D eigenvalue weighted by molar-refractivity contribution is -0.127. The summed E-state index contributed by atoms with van der Waals surface area (Å²) >= 11 is 5.88. The zero-order chi connectivity index (χ0) is 14.4. The molecule has 1 aromatic carbocycles. The number of nitrogens with two attached hydrogens (primary N) is 1. The third-order valence-corrected chi connectivity index (χ3v) is 2.84. The number of rotatable bonds is 6. The van der Waals surface area contributed by atoms with Crippen LogP contribution >= 0.6 is 11.6 Å². The molecule has 0 aliphatic heterocycles. The Morgan fingerprint density at radius 3 is 2.58 bits per heavy atom. The van der Waals surface area contributed by atoms with E-state index in [0.717, 1.165) is 5.56 Å². The standard InChI is InChI=1S/C14H19ClN2O2/c1-9(2)6-13(18)17-12(14(16)19)8-10-4-3-5-11(15)7-10/h3-5,7,9,12H,6,8H2,1-2H3,(H2,16,19)(H,17,18)/t12-/m1/s1. The van der Waals surface area contributed by atoms with Crippen molar-refractivity contribution >= 4 is 23.4 Å². The Hall–Kier alpha value is -1.55. The van der Waals surface area contributed by atoms with E-state index in [2.05, 4.69) is 5.32 Å². The summed E-state index contributed by atoms with van der Waals surface area (Å²) in [7, 11) is 0. The first-order valence-electron chi connectivity index (χ1n) is 6.21. The molecule has 0 fully saturated rings. The van der Waals surface area contributed by atoms with Gasteiger partial charge in [-0.25, -0.2) is 0 Å². The number of halogens is 1. The maximum absolute atomic E-state index is 11.7. The van der Waals surface area contributed by atoms with Crippen LogP contribution in [0.3, 0.4) is 0 Å². The van der Waals surface area contributed by atoms with Crippen molar-refractivity contribution in [1.29, 1.82) is 0 Å². The van der Waals surface area contributed by atoms with Crippen LogP contribution in [0.25, 0.3) is 0 Å². The van der Waals surface area contributed by atoms with Crippen LogP contribution in [0.2, 0.25) is 5.02 Å². The summed E-state index contributed by atoms with van der Waals surface area (Å²) in [6.07, 6.45) is 0.721. The first-order chi connectivity index (χ1) is 8.88. The topological polar surface area (TPSA) is 72.2 Å². The van der Waals surface area contributed by atoms with E-state index in [9.17, 15) is 9.59 Å². The maximum Gasteiger partial charge on any atom is 0.240 e. The predicted octanol–water partition coefficient (Wildman–Crippen LogP) is 1.90. The Morgan fingerprint density at radius 2 is 2.05 bits per heavy atom. The number of hydrogen-bond donors (Lipinski definition) is 2. The van der Waals surface area contributed by atoms with E-state index in [1.807, 2.05) is 19.9 Å². The first-order valence-corrected chi connectivity index (χ1v) is 6.59. The van der Waals surface area contributed by atoms with Gasteiger partial charge in [0.1, 0.15) is 6.04 Å². The Balaban J connectivity index is 2.68. The lowest BCUT2D eigenvalue weighted by Crippen LogP contribution is -2.46. The van der Waals surface area contributed by atoms with Crippen LogP contribution < -0.4 is 11.1 Å². The van der Waals surface area contributed by atoms with Crippen LogP contribution in [0.5, 0.6) is 0 Å². The summed E-state index contributed by atoms with van der Waals surface area (Å²) in [6.45, 7) is 3.88. The van der Waals surface area contributed by atoms with Crippen LogP contribution in [0, 0.1) is 5.92 Å². The van der Waals surface area contributed by atoms with Crippen molar-refractivity contribution in [2.24, 2.45) is 11.7 Å². The van der Waals surface area contributed by atoms with Gasteiger partial charge in [-0.2, -0.15) is 0 Å². The van der Waals surface area contributed by atoms with E-state index in [1.54, 1.807) is 18.2 Å². The lowest BCUT2D eigenvalue weighted by atomic mass is 10.0. The zero-order valence-corrected chi connectivity index (χ0v) is 11.9. The molecule has 0 saturated carbocycles. The molecule has 1 atom stereocenters. The molecular formula is C14H19ClN2O2. The van der Waals surface area contributed by atoms with Gasteiger partial charge in [-0.15, -0.1) is 0 Å². The molecule has 19 heavy (non-hydrogen) atoms. The zero-order valence-electron chi connectivity index (χ0n) is 11.2.